The molecule has 0 heterocycles. The highest BCUT2D eigenvalue weighted by Gasteiger charge is 2.68. The molecule has 0 radical (unpaired) electrons. The van der Waals surface area contributed by atoms with Crippen LogP contribution in [-0.2, 0) is 0 Å². The number of halogens is 6. The van der Waals surface area contributed by atoms with Crippen LogP contribution in [0.15, 0.2) is 35.4 Å². The van der Waals surface area contributed by atoms with Gasteiger partial charge in [-0.1, -0.05) is 18.2 Å². The Bertz CT molecular complexity index is 444. The molecular weight excluding hydrogens is 307 g/mol. The Morgan fingerprint density at radius 3 is 2.15 bits per heavy atom. The lowest BCUT2D eigenvalue weighted by atomic mass is 10.0. The molecule has 0 fully saturated rings. The Kier molecular flexibility index (Phi) is 4.93. The van der Waals surface area contributed by atoms with Crippen LogP contribution in [0.25, 0.3) is 0 Å². The lowest BCUT2D eigenvalue weighted by Crippen LogP contribution is -2.56. The lowest BCUT2D eigenvalue weighted by molar-refractivity contribution is -0.306. The van der Waals surface area contributed by atoms with Gasteiger partial charge in [-0.2, -0.15) is 27.1 Å². The molecule has 2 N–H and O–H groups in total. The number of aliphatic hydroxyl groups is 1. The molecule has 112 valence electrons. The van der Waals surface area contributed by atoms with Crippen LogP contribution in [0.2, 0.25) is 0 Å². The predicted molar refractivity (Wildman–Crippen MR) is 65.0 cm³/mol. The third-order valence-electron chi connectivity index (χ3n) is 2.38. The molecule has 0 amide bonds. The molecule has 3 nitrogen and oxygen atoms in total. The van der Waals surface area contributed by atoms with Gasteiger partial charge in [0.1, 0.15) is 0 Å². The van der Waals surface area contributed by atoms with E-state index in [4.69, 9.17) is 5.11 Å². The Balaban J connectivity index is 2.74. The van der Waals surface area contributed by atoms with Crippen molar-refractivity contribution in [2.24, 2.45) is 5.10 Å². The summed E-state index contributed by atoms with van der Waals surface area (Å²) in [5.74, 6) is 0. The summed E-state index contributed by atoms with van der Waals surface area (Å²) in [6, 6.07) is 8.09. The number of alkyl halides is 6. The van der Waals surface area contributed by atoms with Gasteiger partial charge in [-0.05, 0) is 23.7 Å². The van der Waals surface area contributed by atoms with Crippen LogP contribution in [0.5, 0.6) is 0 Å². The van der Waals surface area contributed by atoms with E-state index in [0.717, 1.165) is 0 Å². The van der Waals surface area contributed by atoms with Crippen molar-refractivity contribution in [1.29, 1.82) is 0 Å². The molecule has 0 saturated carbocycles. The Labute approximate surface area is 116 Å². The van der Waals surface area contributed by atoms with Gasteiger partial charge in [0.15, 0.2) is 0 Å². The summed E-state index contributed by atoms with van der Waals surface area (Å²) in [6.07, 6.45) is -6.61. The van der Waals surface area contributed by atoms with Crippen molar-refractivity contribution in [3.05, 3.63) is 30.3 Å². The number of benzene rings is 1. The summed E-state index contributed by atoms with van der Waals surface area (Å²) in [4.78, 5) is 0. The molecule has 0 bridgehead atoms. The average molecular weight is 317 g/mol. The third-order valence-corrected chi connectivity index (χ3v) is 2.70. The summed E-state index contributed by atoms with van der Waals surface area (Å²) < 4.78 is 62.8. The highest BCUT2D eigenvalue weighted by molar-refractivity contribution is 6.22. The van der Waals surface area contributed by atoms with E-state index in [1.165, 1.54) is 0 Å². The number of anilines is 1. The summed E-state index contributed by atoms with van der Waals surface area (Å²) in [5, 5.41) is 7.51. The lowest BCUT2D eigenvalue weighted by Gasteiger charge is -2.32. The second-order valence-corrected chi connectivity index (χ2v) is 4.32. The molecule has 1 aromatic rings. The second kappa shape index (κ2) is 5.92. The van der Waals surface area contributed by atoms with Crippen LogP contribution in [0.1, 0.15) is 6.42 Å². The molecule has 1 rings (SSSR count). The molecule has 1 aromatic carbocycles. The molecule has 0 aliphatic rings. The molecule has 0 saturated heterocycles. The second-order valence-electron chi connectivity index (χ2n) is 3.85. The maximum Gasteiger partial charge on any atom is 0.424 e. The molecule has 0 aliphatic carbocycles. The number of hydrogen-bond donors (Lipinski definition) is 2. The quantitative estimate of drug-likeness (QED) is 0.377. The van der Waals surface area contributed by atoms with E-state index in [-0.39, 0.29) is 0 Å². The van der Waals surface area contributed by atoms with Gasteiger partial charge in [0.05, 0.1) is 5.69 Å². The minimum atomic E-state index is -5.60. The minimum absolute atomic E-state index is 0.442. The van der Waals surface area contributed by atoms with Gasteiger partial charge in [-0.3, -0.25) is 5.43 Å². The summed E-state index contributed by atoms with van der Waals surface area (Å²) in [6.45, 7) is 0. The summed E-state index contributed by atoms with van der Waals surface area (Å²) in [7, 11) is 0. The van der Waals surface area contributed by atoms with E-state index in [1.807, 2.05) is 0 Å². The zero-order chi connectivity index (χ0) is 15.4. The molecule has 0 aliphatic heterocycles. The van der Waals surface area contributed by atoms with Gasteiger partial charge < -0.3 is 5.11 Å². The van der Waals surface area contributed by atoms with Gasteiger partial charge in [0.25, 0.3) is 0 Å². The third kappa shape index (κ3) is 3.80. The minimum Gasteiger partial charge on any atom is -0.375 e. The number of para-hydroxylation sites is 1. The number of nitrogens with zero attached hydrogens (tertiary/aromatic N) is 1. The highest BCUT2D eigenvalue weighted by atomic mass is 35.5. The zero-order valence-corrected chi connectivity index (χ0v) is 10.6. The molecular formula is C11H10ClF5N2O. The number of rotatable bonds is 5. The maximum atomic E-state index is 12.7. The Morgan fingerprint density at radius 2 is 1.70 bits per heavy atom. The summed E-state index contributed by atoms with van der Waals surface area (Å²) >= 11 is 4.34. The van der Waals surface area contributed by atoms with Gasteiger partial charge in [0, 0.05) is 12.6 Å². The normalized spacial score (nSPS) is 16.1. The molecule has 20 heavy (non-hydrogen) atoms. The molecule has 0 spiro atoms. The SMILES string of the molecule is OC(CC=NNc1ccccc1)(C(F)(F)F)C(F)(F)Cl. The van der Waals surface area contributed by atoms with Crippen molar-refractivity contribution in [1.82, 2.24) is 0 Å². The van der Waals surface area contributed by atoms with Gasteiger partial charge in [-0.15, -0.1) is 0 Å². The zero-order valence-electron chi connectivity index (χ0n) is 9.83. The van der Waals surface area contributed by atoms with Crippen molar-refractivity contribution in [2.45, 2.75) is 23.6 Å². The maximum absolute atomic E-state index is 12.7. The standard InChI is InChI=1S/C11H10ClF5N2O/c12-10(13,14)9(20,11(15,16)17)6-7-18-19-8-4-2-1-3-5-8/h1-5,7,19-20H,6H2. The van der Waals surface area contributed by atoms with E-state index < -0.39 is 23.6 Å². The first-order valence-electron chi connectivity index (χ1n) is 5.26. The monoisotopic (exact) mass is 316 g/mol. The van der Waals surface area contributed by atoms with Crippen molar-refractivity contribution < 1.29 is 27.1 Å². The fourth-order valence-electron chi connectivity index (χ4n) is 1.20. The van der Waals surface area contributed by atoms with E-state index in [1.54, 1.807) is 30.3 Å². The van der Waals surface area contributed by atoms with Crippen LogP contribution < -0.4 is 5.43 Å². The Morgan fingerprint density at radius 1 is 1.15 bits per heavy atom. The van der Waals surface area contributed by atoms with Crippen LogP contribution in [0.3, 0.4) is 0 Å². The van der Waals surface area contributed by atoms with Crippen molar-refractivity contribution in [3.63, 3.8) is 0 Å². The van der Waals surface area contributed by atoms with Crippen molar-refractivity contribution >= 4 is 23.5 Å². The van der Waals surface area contributed by atoms with E-state index in [9.17, 15) is 22.0 Å². The molecule has 1 unspecified atom stereocenters. The average Bonchev–Trinajstić information content (AvgIpc) is 2.33. The largest absolute Gasteiger partial charge is 0.424 e. The number of hydrazone groups is 1. The van der Waals surface area contributed by atoms with Crippen LogP contribution in [-0.4, -0.2) is 28.5 Å². The van der Waals surface area contributed by atoms with Crippen molar-refractivity contribution in [2.75, 3.05) is 5.43 Å². The van der Waals surface area contributed by atoms with E-state index in [0.29, 0.717) is 11.9 Å². The van der Waals surface area contributed by atoms with Crippen LogP contribution in [0.4, 0.5) is 27.6 Å². The predicted octanol–water partition coefficient (Wildman–Crippen LogP) is 3.60. The molecule has 9 heteroatoms. The Hall–Kier alpha value is -1.41. The molecule has 1 atom stereocenters. The smallest absolute Gasteiger partial charge is 0.375 e. The topological polar surface area (TPSA) is 44.6 Å². The number of nitrogens with one attached hydrogen (secondary N) is 1. The van der Waals surface area contributed by atoms with E-state index in [2.05, 4.69) is 22.1 Å². The van der Waals surface area contributed by atoms with E-state index >= 15 is 0 Å². The van der Waals surface area contributed by atoms with Crippen LogP contribution >= 0.6 is 11.6 Å². The molecule has 0 aromatic heterocycles. The van der Waals surface area contributed by atoms with Gasteiger partial charge in [-0.25, -0.2) is 0 Å². The van der Waals surface area contributed by atoms with Crippen molar-refractivity contribution in [3.8, 4) is 0 Å². The first-order valence-corrected chi connectivity index (χ1v) is 5.64. The number of hydrogen-bond acceptors (Lipinski definition) is 3. The summed E-state index contributed by atoms with van der Waals surface area (Å²) in [5.41, 5.74) is -1.62. The fraction of sp³-hybridized carbons (Fsp3) is 0.364. The highest BCUT2D eigenvalue weighted by Crippen LogP contribution is 2.46. The van der Waals surface area contributed by atoms with Crippen LogP contribution in [0, 0.1) is 0 Å². The first kappa shape index (κ1) is 16.6. The van der Waals surface area contributed by atoms with Gasteiger partial charge in [0.2, 0.25) is 5.60 Å². The first-order chi connectivity index (χ1) is 9.08. The van der Waals surface area contributed by atoms with Gasteiger partial charge >= 0.3 is 11.6 Å². The fourth-order valence-corrected chi connectivity index (χ4v) is 1.39.